The van der Waals surface area contributed by atoms with Crippen LogP contribution < -0.4 is 5.14 Å². The molecule has 0 atom stereocenters. The molecular weight excluding hydrogens is 252 g/mol. The van der Waals surface area contributed by atoms with E-state index in [-0.39, 0.29) is 0 Å². The summed E-state index contributed by atoms with van der Waals surface area (Å²) in [4.78, 5) is 5.39. The summed E-state index contributed by atoms with van der Waals surface area (Å²) in [6, 6.07) is 15.3. The summed E-state index contributed by atoms with van der Waals surface area (Å²) in [5, 5.41) is 6.17. The number of aliphatic imine (C=N–C) groups is 1. The fourth-order valence-corrected chi connectivity index (χ4v) is 1.73. The van der Waals surface area contributed by atoms with E-state index in [0.29, 0.717) is 0 Å². The van der Waals surface area contributed by atoms with Crippen molar-refractivity contribution >= 4 is 35.5 Å². The van der Waals surface area contributed by atoms with Crippen LogP contribution >= 0.6 is 23.5 Å². The van der Waals surface area contributed by atoms with Crippen molar-refractivity contribution in [2.75, 3.05) is 0 Å². The van der Waals surface area contributed by atoms with Crippen LogP contribution in [-0.4, -0.2) is 6.21 Å². The largest absolute Gasteiger partial charge is 0.274 e. The van der Waals surface area contributed by atoms with E-state index in [1.54, 1.807) is 6.21 Å². The fourth-order valence-electron chi connectivity index (χ4n) is 1.31. The van der Waals surface area contributed by atoms with Crippen LogP contribution in [0.15, 0.2) is 58.4 Å². The number of rotatable bonds is 3. The summed E-state index contributed by atoms with van der Waals surface area (Å²) in [5.41, 5.74) is 1.92. The molecule has 17 heavy (non-hydrogen) atoms. The number of halogens is 1. The minimum Gasteiger partial charge on any atom is -0.274 e. The van der Waals surface area contributed by atoms with E-state index >= 15 is 0 Å². The lowest BCUT2D eigenvalue weighted by atomic mass is 10.2. The molecule has 2 aromatic carbocycles. The van der Waals surface area contributed by atoms with Crippen LogP contribution in [0.1, 0.15) is 5.56 Å². The molecule has 0 amide bonds. The lowest BCUT2D eigenvalue weighted by Crippen LogP contribution is -1.80. The third-order valence-corrected chi connectivity index (χ3v) is 3.00. The SMILES string of the molecule is NSc1ccc(/N=C/c2ccc(Cl)cc2)cc1. The molecule has 0 spiro atoms. The van der Waals surface area contributed by atoms with Gasteiger partial charge < -0.3 is 0 Å². The first-order chi connectivity index (χ1) is 8.28. The lowest BCUT2D eigenvalue weighted by Gasteiger charge is -1.97. The summed E-state index contributed by atoms with van der Waals surface area (Å²) in [5.74, 6) is 0. The highest BCUT2D eigenvalue weighted by Gasteiger charge is 1.92. The third-order valence-electron chi connectivity index (χ3n) is 2.21. The van der Waals surface area contributed by atoms with Gasteiger partial charge in [-0.15, -0.1) is 0 Å². The average Bonchev–Trinajstić information content (AvgIpc) is 2.39. The van der Waals surface area contributed by atoms with Crippen molar-refractivity contribution < 1.29 is 0 Å². The Hall–Kier alpha value is -1.29. The zero-order valence-electron chi connectivity index (χ0n) is 9.01. The predicted molar refractivity (Wildman–Crippen MR) is 75.2 cm³/mol. The van der Waals surface area contributed by atoms with Crippen molar-refractivity contribution in [1.82, 2.24) is 0 Å². The molecule has 0 radical (unpaired) electrons. The highest BCUT2D eigenvalue weighted by atomic mass is 35.5. The molecule has 2 N–H and O–H groups in total. The Kier molecular flexibility index (Phi) is 4.20. The number of hydrogen-bond donors (Lipinski definition) is 1. The van der Waals surface area contributed by atoms with Gasteiger partial charge in [0, 0.05) is 16.1 Å². The van der Waals surface area contributed by atoms with Crippen molar-refractivity contribution in [1.29, 1.82) is 0 Å². The number of nitrogens with two attached hydrogens (primary N) is 1. The van der Waals surface area contributed by atoms with Gasteiger partial charge in [0.05, 0.1) is 5.69 Å². The molecule has 0 fully saturated rings. The molecule has 0 heterocycles. The van der Waals surface area contributed by atoms with Crippen LogP contribution in [0, 0.1) is 0 Å². The summed E-state index contributed by atoms with van der Waals surface area (Å²) < 4.78 is 0. The molecule has 0 aliphatic carbocycles. The van der Waals surface area contributed by atoms with Crippen molar-refractivity contribution in [3.8, 4) is 0 Å². The first-order valence-corrected chi connectivity index (χ1v) is 6.30. The normalized spacial score (nSPS) is 10.9. The predicted octanol–water partition coefficient (Wildman–Crippen LogP) is 4.06. The molecular formula is C13H11ClN2S. The van der Waals surface area contributed by atoms with Gasteiger partial charge in [0.1, 0.15) is 0 Å². The molecule has 0 bridgehead atoms. The molecule has 0 saturated carbocycles. The highest BCUT2D eigenvalue weighted by molar-refractivity contribution is 7.97. The molecule has 86 valence electrons. The Labute approximate surface area is 110 Å². The molecule has 0 aliphatic rings. The Morgan fingerprint density at radius 1 is 1.00 bits per heavy atom. The quantitative estimate of drug-likeness (QED) is 0.669. The van der Waals surface area contributed by atoms with E-state index in [0.717, 1.165) is 21.2 Å². The van der Waals surface area contributed by atoms with Gasteiger partial charge in [-0.25, -0.2) is 0 Å². The Morgan fingerprint density at radius 2 is 1.65 bits per heavy atom. The number of hydrogen-bond acceptors (Lipinski definition) is 3. The van der Waals surface area contributed by atoms with Gasteiger partial charge in [-0.3, -0.25) is 10.1 Å². The van der Waals surface area contributed by atoms with Gasteiger partial charge in [-0.05, 0) is 53.9 Å². The summed E-state index contributed by atoms with van der Waals surface area (Å²) in [6.45, 7) is 0. The van der Waals surface area contributed by atoms with Crippen LogP contribution in [0.3, 0.4) is 0 Å². The fraction of sp³-hybridized carbons (Fsp3) is 0. The van der Waals surface area contributed by atoms with Gasteiger partial charge in [-0.1, -0.05) is 23.7 Å². The number of benzene rings is 2. The second kappa shape index (κ2) is 5.87. The smallest absolute Gasteiger partial charge is 0.0630 e. The van der Waals surface area contributed by atoms with E-state index < -0.39 is 0 Å². The minimum atomic E-state index is 0.728. The maximum absolute atomic E-state index is 5.80. The lowest BCUT2D eigenvalue weighted by molar-refractivity contribution is 1.42. The van der Waals surface area contributed by atoms with Gasteiger partial charge in [0.15, 0.2) is 0 Å². The molecule has 2 rings (SSSR count). The Morgan fingerprint density at radius 3 is 2.24 bits per heavy atom. The molecule has 0 aliphatic heterocycles. The van der Waals surface area contributed by atoms with E-state index in [2.05, 4.69) is 4.99 Å². The first-order valence-electron chi connectivity index (χ1n) is 5.04. The van der Waals surface area contributed by atoms with Crippen LogP contribution in [0.5, 0.6) is 0 Å². The second-order valence-electron chi connectivity index (χ2n) is 3.42. The summed E-state index contributed by atoms with van der Waals surface area (Å²) >= 11 is 7.03. The van der Waals surface area contributed by atoms with Gasteiger partial charge in [0.2, 0.25) is 0 Å². The maximum atomic E-state index is 5.80. The van der Waals surface area contributed by atoms with Gasteiger partial charge in [-0.2, -0.15) is 0 Å². The molecule has 2 nitrogen and oxygen atoms in total. The van der Waals surface area contributed by atoms with Gasteiger partial charge in [0.25, 0.3) is 0 Å². The number of nitrogens with zero attached hydrogens (tertiary/aromatic N) is 1. The summed E-state index contributed by atoms with van der Waals surface area (Å²) in [6.07, 6.45) is 1.81. The Balaban J connectivity index is 2.11. The van der Waals surface area contributed by atoms with Gasteiger partial charge >= 0.3 is 0 Å². The van der Waals surface area contributed by atoms with Crippen molar-refractivity contribution in [2.24, 2.45) is 10.1 Å². The monoisotopic (exact) mass is 262 g/mol. The Bertz CT molecular complexity index is 506. The first kappa shape index (κ1) is 12.2. The second-order valence-corrected chi connectivity index (χ2v) is 4.57. The van der Waals surface area contributed by atoms with E-state index in [9.17, 15) is 0 Å². The van der Waals surface area contributed by atoms with Crippen molar-refractivity contribution in [3.05, 3.63) is 59.1 Å². The molecule has 0 unspecified atom stereocenters. The van der Waals surface area contributed by atoms with Crippen molar-refractivity contribution in [2.45, 2.75) is 4.90 Å². The maximum Gasteiger partial charge on any atom is 0.0630 e. The summed E-state index contributed by atoms with van der Waals surface area (Å²) in [7, 11) is 0. The highest BCUT2D eigenvalue weighted by Crippen LogP contribution is 2.18. The van der Waals surface area contributed by atoms with Crippen LogP contribution in [0.25, 0.3) is 0 Å². The van der Waals surface area contributed by atoms with Crippen molar-refractivity contribution in [3.63, 3.8) is 0 Å². The van der Waals surface area contributed by atoms with Crippen LogP contribution in [0.4, 0.5) is 5.69 Å². The molecule has 0 aromatic heterocycles. The minimum absolute atomic E-state index is 0.728. The van der Waals surface area contributed by atoms with Crippen LogP contribution in [-0.2, 0) is 0 Å². The molecule has 2 aromatic rings. The topological polar surface area (TPSA) is 38.4 Å². The van der Waals surface area contributed by atoms with E-state index in [1.165, 1.54) is 11.9 Å². The zero-order chi connectivity index (χ0) is 12.1. The average molecular weight is 263 g/mol. The standard InChI is InChI=1S/C13H11ClN2S/c14-11-3-1-10(2-4-11)9-16-12-5-7-13(17-15)8-6-12/h1-9H,15H2/b16-9+. The third kappa shape index (κ3) is 3.60. The van der Waals surface area contributed by atoms with E-state index in [1.807, 2.05) is 48.5 Å². The molecule has 4 heteroatoms. The van der Waals surface area contributed by atoms with E-state index in [4.69, 9.17) is 16.7 Å². The zero-order valence-corrected chi connectivity index (χ0v) is 10.6. The van der Waals surface area contributed by atoms with Crippen LogP contribution in [0.2, 0.25) is 5.02 Å². The molecule has 0 saturated heterocycles.